The number of ether oxygens (including phenoxy) is 2. The lowest BCUT2D eigenvalue weighted by molar-refractivity contribution is -0.123. The molecule has 2 aliphatic rings. The molecule has 0 bridgehead atoms. The Morgan fingerprint density at radius 2 is 1.67 bits per heavy atom. The molecule has 0 N–H and O–H groups in total. The fraction of sp³-hybridized carbons (Fsp3) is 0.381. The van der Waals surface area contributed by atoms with Gasteiger partial charge in [-0.1, -0.05) is 22.0 Å². The third-order valence-electron chi connectivity index (χ3n) is 5.64. The van der Waals surface area contributed by atoms with Crippen LogP contribution in [0.2, 0.25) is 0 Å². The highest BCUT2D eigenvalue weighted by Gasteiger charge is 2.49. The lowest BCUT2D eigenvalue weighted by Crippen LogP contribution is -2.61. The summed E-state index contributed by atoms with van der Waals surface area (Å²) in [4.78, 5) is 16.7. The Morgan fingerprint density at radius 3 is 2.33 bits per heavy atom. The van der Waals surface area contributed by atoms with E-state index in [-0.39, 0.29) is 30.0 Å². The molecule has 2 aromatic carbocycles. The lowest BCUT2D eigenvalue weighted by atomic mass is 10.0. The minimum atomic E-state index is -3.24. The van der Waals surface area contributed by atoms with Gasteiger partial charge in [-0.25, -0.2) is 8.42 Å². The summed E-state index contributed by atoms with van der Waals surface area (Å²) in [5.74, 6) is 1.15. The molecular weight excluding hydrogens is 472 g/mol. The number of amides is 1. The van der Waals surface area contributed by atoms with Gasteiger partial charge in [0, 0.05) is 22.7 Å². The number of fused-ring (bicyclic) bond motifs is 1. The maximum atomic E-state index is 13.1. The smallest absolute Gasteiger partial charge is 0.241 e. The molecule has 2 aromatic rings. The highest BCUT2D eigenvalue weighted by Crippen LogP contribution is 2.34. The average Bonchev–Trinajstić information content (AvgIpc) is 3.04. The van der Waals surface area contributed by atoms with Gasteiger partial charge in [-0.2, -0.15) is 0 Å². The number of methoxy groups -OCH3 is 2. The monoisotopic (exact) mass is 494 g/mol. The molecule has 30 heavy (non-hydrogen) atoms. The standard InChI is InChI=1S/C21H23BrN2O5S/c1-28-19-8-3-14(9-20(19)29-2)10-23-11-21(25)24(16-6-4-15(22)5-7-16)18-13-30(26,27)12-17(18)23/h3-9,17-18H,10-13H2,1-2H3/t17-,18-/m0/s1. The summed E-state index contributed by atoms with van der Waals surface area (Å²) >= 11 is 3.40. The Balaban J connectivity index is 1.64. The van der Waals surface area contributed by atoms with Gasteiger partial charge in [0.25, 0.3) is 0 Å². The minimum Gasteiger partial charge on any atom is -0.493 e. The van der Waals surface area contributed by atoms with E-state index in [2.05, 4.69) is 15.9 Å². The quantitative estimate of drug-likeness (QED) is 0.635. The molecule has 2 heterocycles. The first kappa shape index (κ1) is 21.1. The molecule has 0 aliphatic carbocycles. The van der Waals surface area contributed by atoms with Crippen molar-refractivity contribution < 1.29 is 22.7 Å². The van der Waals surface area contributed by atoms with E-state index in [1.54, 1.807) is 19.1 Å². The van der Waals surface area contributed by atoms with Crippen molar-refractivity contribution in [2.24, 2.45) is 0 Å². The third-order valence-corrected chi connectivity index (χ3v) is 7.87. The molecule has 2 aliphatic heterocycles. The zero-order valence-corrected chi connectivity index (χ0v) is 19.1. The number of nitrogens with zero attached hydrogens (tertiary/aromatic N) is 2. The van der Waals surface area contributed by atoms with E-state index in [1.165, 1.54) is 0 Å². The molecule has 7 nitrogen and oxygen atoms in total. The Morgan fingerprint density at radius 1 is 1.00 bits per heavy atom. The largest absolute Gasteiger partial charge is 0.493 e. The van der Waals surface area contributed by atoms with Crippen molar-refractivity contribution in [3.05, 3.63) is 52.5 Å². The van der Waals surface area contributed by atoms with Crippen LogP contribution in [0.1, 0.15) is 5.56 Å². The SMILES string of the molecule is COc1ccc(CN2CC(=O)N(c3ccc(Br)cc3)[C@H]3CS(=O)(=O)C[C@@H]32)cc1OC. The number of benzene rings is 2. The zero-order valence-electron chi connectivity index (χ0n) is 16.7. The first-order valence-electron chi connectivity index (χ1n) is 9.54. The minimum absolute atomic E-state index is 0.0259. The van der Waals surface area contributed by atoms with E-state index in [1.807, 2.05) is 47.4 Å². The predicted molar refractivity (Wildman–Crippen MR) is 118 cm³/mol. The molecule has 2 atom stereocenters. The summed E-state index contributed by atoms with van der Waals surface area (Å²) in [7, 11) is -0.0935. The number of rotatable bonds is 5. The van der Waals surface area contributed by atoms with Crippen molar-refractivity contribution in [2.45, 2.75) is 18.6 Å². The van der Waals surface area contributed by atoms with Crippen LogP contribution in [0, 0.1) is 0 Å². The van der Waals surface area contributed by atoms with Gasteiger partial charge in [0.15, 0.2) is 21.3 Å². The van der Waals surface area contributed by atoms with Gasteiger partial charge in [-0.05, 0) is 42.0 Å². The number of hydrogen-bond acceptors (Lipinski definition) is 6. The van der Waals surface area contributed by atoms with E-state index < -0.39 is 15.9 Å². The van der Waals surface area contributed by atoms with Gasteiger partial charge < -0.3 is 14.4 Å². The molecular formula is C21H23BrN2O5S. The Labute approximate surface area is 184 Å². The molecule has 0 aromatic heterocycles. The second-order valence-corrected chi connectivity index (χ2v) is 10.6. The summed E-state index contributed by atoms with van der Waals surface area (Å²) < 4.78 is 36.6. The predicted octanol–water partition coefficient (Wildman–Crippen LogP) is 2.48. The molecule has 0 unspecified atom stereocenters. The van der Waals surface area contributed by atoms with E-state index in [0.29, 0.717) is 18.0 Å². The van der Waals surface area contributed by atoms with Gasteiger partial charge >= 0.3 is 0 Å². The Hall–Kier alpha value is -2.10. The van der Waals surface area contributed by atoms with E-state index >= 15 is 0 Å². The van der Waals surface area contributed by atoms with Crippen LogP contribution >= 0.6 is 15.9 Å². The van der Waals surface area contributed by atoms with Crippen LogP contribution in [0.25, 0.3) is 0 Å². The second kappa shape index (κ2) is 8.20. The molecule has 160 valence electrons. The Kier molecular flexibility index (Phi) is 5.78. The number of halogens is 1. The van der Waals surface area contributed by atoms with Gasteiger partial charge in [-0.3, -0.25) is 9.69 Å². The summed E-state index contributed by atoms with van der Waals surface area (Å²) in [5.41, 5.74) is 1.65. The van der Waals surface area contributed by atoms with Crippen LogP contribution < -0.4 is 14.4 Å². The van der Waals surface area contributed by atoms with Gasteiger partial charge in [0.05, 0.1) is 38.3 Å². The molecule has 0 saturated carbocycles. The van der Waals surface area contributed by atoms with Crippen molar-refractivity contribution in [1.82, 2.24) is 4.90 Å². The molecule has 4 rings (SSSR count). The molecule has 0 spiro atoms. The molecule has 0 radical (unpaired) electrons. The number of carbonyl (C=O) groups is 1. The van der Waals surface area contributed by atoms with Crippen LogP contribution in [-0.4, -0.2) is 63.6 Å². The van der Waals surface area contributed by atoms with Gasteiger partial charge in [0.2, 0.25) is 5.91 Å². The third kappa shape index (κ3) is 4.06. The van der Waals surface area contributed by atoms with Crippen LogP contribution in [0.4, 0.5) is 5.69 Å². The summed E-state index contributed by atoms with van der Waals surface area (Å²) in [5, 5.41) is 0. The summed E-state index contributed by atoms with van der Waals surface area (Å²) in [6, 6.07) is 12.3. The number of hydrogen-bond donors (Lipinski definition) is 0. The molecule has 9 heteroatoms. The second-order valence-electron chi connectivity index (χ2n) is 7.55. The van der Waals surface area contributed by atoms with E-state index in [4.69, 9.17) is 9.47 Å². The number of carbonyl (C=O) groups excluding carboxylic acids is 1. The Bertz CT molecular complexity index is 1060. The average molecular weight is 495 g/mol. The van der Waals surface area contributed by atoms with Crippen LogP contribution in [0.5, 0.6) is 11.5 Å². The fourth-order valence-corrected chi connectivity index (χ4v) is 6.53. The van der Waals surface area contributed by atoms with Crippen LogP contribution in [0.3, 0.4) is 0 Å². The first-order valence-corrected chi connectivity index (χ1v) is 12.2. The number of anilines is 1. The van der Waals surface area contributed by atoms with Crippen LogP contribution in [0.15, 0.2) is 46.9 Å². The fourth-order valence-electron chi connectivity index (χ4n) is 4.28. The first-order chi connectivity index (χ1) is 14.3. The van der Waals surface area contributed by atoms with Crippen molar-refractivity contribution in [2.75, 3.05) is 37.2 Å². The highest BCUT2D eigenvalue weighted by molar-refractivity contribution is 9.10. The van der Waals surface area contributed by atoms with Crippen molar-refractivity contribution in [3.63, 3.8) is 0 Å². The van der Waals surface area contributed by atoms with E-state index in [9.17, 15) is 13.2 Å². The normalized spacial score (nSPS) is 23.3. The van der Waals surface area contributed by atoms with Crippen molar-refractivity contribution in [1.29, 1.82) is 0 Å². The topological polar surface area (TPSA) is 76.2 Å². The summed E-state index contributed by atoms with van der Waals surface area (Å²) in [6.07, 6.45) is 0. The number of piperazine rings is 1. The number of sulfone groups is 1. The van der Waals surface area contributed by atoms with Gasteiger partial charge in [-0.15, -0.1) is 0 Å². The van der Waals surface area contributed by atoms with E-state index in [0.717, 1.165) is 15.7 Å². The highest BCUT2D eigenvalue weighted by atomic mass is 79.9. The summed E-state index contributed by atoms with van der Waals surface area (Å²) in [6.45, 7) is 0.609. The van der Waals surface area contributed by atoms with Crippen LogP contribution in [-0.2, 0) is 21.2 Å². The van der Waals surface area contributed by atoms with Gasteiger partial charge in [0.1, 0.15) is 0 Å². The zero-order chi connectivity index (χ0) is 21.5. The molecule has 2 fully saturated rings. The maximum absolute atomic E-state index is 13.1. The lowest BCUT2D eigenvalue weighted by Gasteiger charge is -2.43. The molecule has 2 saturated heterocycles. The maximum Gasteiger partial charge on any atom is 0.241 e. The molecule has 1 amide bonds. The van der Waals surface area contributed by atoms with Crippen molar-refractivity contribution >= 4 is 37.4 Å². The van der Waals surface area contributed by atoms with Crippen molar-refractivity contribution in [3.8, 4) is 11.5 Å².